The van der Waals surface area contributed by atoms with Gasteiger partial charge in [0, 0.05) is 13.2 Å². The first-order valence-electron chi connectivity index (χ1n) is 6.16. The van der Waals surface area contributed by atoms with Crippen LogP contribution in [-0.4, -0.2) is 17.1 Å². The van der Waals surface area contributed by atoms with Gasteiger partial charge in [-0.15, -0.1) is 0 Å². The van der Waals surface area contributed by atoms with E-state index in [0.717, 1.165) is 5.69 Å². The summed E-state index contributed by atoms with van der Waals surface area (Å²) in [6.07, 6.45) is 1.06. The molecule has 0 unspecified atom stereocenters. The molecule has 3 nitrogen and oxygen atoms in total. The van der Waals surface area contributed by atoms with Gasteiger partial charge in [0.05, 0.1) is 24.0 Å². The van der Waals surface area contributed by atoms with Crippen molar-refractivity contribution in [3.8, 4) is 0 Å². The molecule has 2 aromatic rings. The average molecular weight is 260 g/mol. The number of pyridine rings is 1. The first-order valence-corrected chi connectivity index (χ1v) is 6.16. The van der Waals surface area contributed by atoms with Crippen molar-refractivity contribution in [2.45, 2.75) is 19.6 Å². The highest BCUT2D eigenvalue weighted by atomic mass is 19.1. The predicted octanol–water partition coefficient (Wildman–Crippen LogP) is 2.91. The smallest absolute Gasteiger partial charge is 0.146 e. The van der Waals surface area contributed by atoms with Crippen LogP contribution in [0.25, 0.3) is 0 Å². The van der Waals surface area contributed by atoms with Crippen LogP contribution in [0.4, 0.5) is 10.1 Å². The van der Waals surface area contributed by atoms with Crippen LogP contribution in [-0.2, 0) is 6.54 Å². The molecular weight excluding hydrogens is 243 g/mol. The Labute approximate surface area is 112 Å². The first kappa shape index (κ1) is 13.5. The third-order valence-electron chi connectivity index (χ3n) is 2.99. The zero-order chi connectivity index (χ0) is 13.8. The number of aliphatic hydroxyl groups excluding tert-OH is 1. The number of hydrogen-bond donors (Lipinski definition) is 1. The Morgan fingerprint density at radius 2 is 2.11 bits per heavy atom. The monoisotopic (exact) mass is 260 g/mol. The number of nitrogens with zero attached hydrogens (tertiary/aromatic N) is 2. The van der Waals surface area contributed by atoms with Crippen LogP contribution >= 0.6 is 0 Å². The summed E-state index contributed by atoms with van der Waals surface area (Å²) >= 11 is 0. The summed E-state index contributed by atoms with van der Waals surface area (Å²) in [6, 6.07) is 10.4. The highest BCUT2D eigenvalue weighted by molar-refractivity contribution is 5.49. The lowest BCUT2D eigenvalue weighted by molar-refractivity contribution is 0.199. The number of rotatable bonds is 4. The van der Waals surface area contributed by atoms with Gasteiger partial charge in [0.25, 0.3) is 0 Å². The van der Waals surface area contributed by atoms with E-state index in [1.165, 1.54) is 6.07 Å². The summed E-state index contributed by atoms with van der Waals surface area (Å²) in [5, 5.41) is 9.42. The van der Waals surface area contributed by atoms with Crippen molar-refractivity contribution in [1.29, 1.82) is 0 Å². The normalized spacial score (nSPS) is 12.2. The predicted molar refractivity (Wildman–Crippen MR) is 73.4 cm³/mol. The summed E-state index contributed by atoms with van der Waals surface area (Å²) < 4.78 is 14.0. The van der Waals surface area contributed by atoms with Gasteiger partial charge < -0.3 is 10.0 Å². The summed E-state index contributed by atoms with van der Waals surface area (Å²) in [6.45, 7) is 2.15. The van der Waals surface area contributed by atoms with E-state index in [4.69, 9.17) is 0 Å². The number of anilines is 1. The molecule has 1 heterocycles. The largest absolute Gasteiger partial charge is 0.389 e. The number of hydrogen-bond acceptors (Lipinski definition) is 3. The van der Waals surface area contributed by atoms with E-state index in [9.17, 15) is 9.50 Å². The summed E-state index contributed by atoms with van der Waals surface area (Å²) in [7, 11) is 1.81. The fourth-order valence-corrected chi connectivity index (χ4v) is 1.91. The molecule has 0 saturated carbocycles. The van der Waals surface area contributed by atoms with Crippen molar-refractivity contribution in [3.05, 3.63) is 59.7 Å². The minimum absolute atomic E-state index is 0.336. The van der Waals surface area contributed by atoms with E-state index in [2.05, 4.69) is 4.98 Å². The van der Waals surface area contributed by atoms with Crippen LogP contribution in [0.1, 0.15) is 24.3 Å². The highest BCUT2D eigenvalue weighted by Crippen LogP contribution is 2.23. The van der Waals surface area contributed by atoms with Crippen molar-refractivity contribution >= 4 is 5.69 Å². The summed E-state index contributed by atoms with van der Waals surface area (Å²) in [5.41, 5.74) is 1.95. The summed E-state index contributed by atoms with van der Waals surface area (Å²) in [4.78, 5) is 6.01. The van der Waals surface area contributed by atoms with Gasteiger partial charge in [-0.2, -0.15) is 0 Å². The second-order valence-corrected chi connectivity index (χ2v) is 4.56. The number of aromatic nitrogens is 1. The lowest BCUT2D eigenvalue weighted by Gasteiger charge is -2.20. The molecular formula is C15H17FN2O. The standard InChI is InChI=1S/C15H17FN2O/c1-11(19)12-6-7-15(14(16)9-12)18(2)10-13-5-3-4-8-17-13/h3-9,11,19H,10H2,1-2H3/t11-/m1/s1. The van der Waals surface area contributed by atoms with Gasteiger partial charge in [-0.1, -0.05) is 12.1 Å². The van der Waals surface area contributed by atoms with Gasteiger partial charge in [-0.05, 0) is 36.8 Å². The molecule has 1 aromatic carbocycles. The van der Waals surface area contributed by atoms with Crippen LogP contribution in [0.15, 0.2) is 42.6 Å². The number of halogens is 1. The lowest BCUT2D eigenvalue weighted by Crippen LogP contribution is -2.18. The van der Waals surface area contributed by atoms with Crippen LogP contribution in [0.5, 0.6) is 0 Å². The Morgan fingerprint density at radius 1 is 1.32 bits per heavy atom. The molecule has 0 aliphatic rings. The molecule has 0 radical (unpaired) electrons. The van der Waals surface area contributed by atoms with E-state index in [-0.39, 0.29) is 5.82 Å². The molecule has 0 bridgehead atoms. The zero-order valence-corrected chi connectivity index (χ0v) is 11.0. The molecule has 0 spiro atoms. The third kappa shape index (κ3) is 3.29. The molecule has 1 N–H and O–H groups in total. The van der Waals surface area contributed by atoms with Gasteiger partial charge in [0.1, 0.15) is 5.82 Å². The van der Waals surface area contributed by atoms with Gasteiger partial charge in [0.2, 0.25) is 0 Å². The molecule has 0 aliphatic carbocycles. The van der Waals surface area contributed by atoms with E-state index in [1.807, 2.05) is 25.2 Å². The topological polar surface area (TPSA) is 36.4 Å². The molecule has 0 amide bonds. The Hall–Kier alpha value is -1.94. The molecule has 0 saturated heterocycles. The van der Waals surface area contributed by atoms with Crippen LogP contribution in [0.2, 0.25) is 0 Å². The van der Waals surface area contributed by atoms with Crippen molar-refractivity contribution < 1.29 is 9.50 Å². The molecule has 2 rings (SSSR count). The maximum Gasteiger partial charge on any atom is 0.146 e. The Balaban J connectivity index is 2.17. The van der Waals surface area contributed by atoms with Gasteiger partial charge in [0.15, 0.2) is 0 Å². The van der Waals surface area contributed by atoms with Crippen LogP contribution < -0.4 is 4.90 Å². The molecule has 1 atom stereocenters. The quantitative estimate of drug-likeness (QED) is 0.918. The SMILES string of the molecule is C[C@@H](O)c1ccc(N(C)Cc2ccccn2)c(F)c1. The van der Waals surface area contributed by atoms with E-state index in [1.54, 1.807) is 30.2 Å². The maximum atomic E-state index is 14.0. The molecule has 19 heavy (non-hydrogen) atoms. The van der Waals surface area contributed by atoms with Crippen molar-refractivity contribution in [3.63, 3.8) is 0 Å². The first-order chi connectivity index (χ1) is 9.08. The molecule has 0 aliphatic heterocycles. The second-order valence-electron chi connectivity index (χ2n) is 4.56. The molecule has 100 valence electrons. The molecule has 0 fully saturated rings. The minimum Gasteiger partial charge on any atom is -0.389 e. The van der Waals surface area contributed by atoms with E-state index >= 15 is 0 Å². The average Bonchev–Trinajstić information content (AvgIpc) is 2.39. The van der Waals surface area contributed by atoms with Crippen LogP contribution in [0.3, 0.4) is 0 Å². The third-order valence-corrected chi connectivity index (χ3v) is 2.99. The molecule has 1 aromatic heterocycles. The van der Waals surface area contributed by atoms with Gasteiger partial charge in [-0.3, -0.25) is 4.98 Å². The summed E-state index contributed by atoms with van der Waals surface area (Å²) in [5.74, 6) is -0.336. The lowest BCUT2D eigenvalue weighted by atomic mass is 10.1. The van der Waals surface area contributed by atoms with Crippen molar-refractivity contribution in [2.75, 3.05) is 11.9 Å². The number of aliphatic hydroxyl groups is 1. The van der Waals surface area contributed by atoms with Crippen molar-refractivity contribution in [2.24, 2.45) is 0 Å². The minimum atomic E-state index is -0.662. The van der Waals surface area contributed by atoms with Crippen molar-refractivity contribution in [1.82, 2.24) is 4.98 Å². The highest BCUT2D eigenvalue weighted by Gasteiger charge is 2.11. The number of benzene rings is 1. The fraction of sp³-hybridized carbons (Fsp3) is 0.267. The second kappa shape index (κ2) is 5.80. The zero-order valence-electron chi connectivity index (χ0n) is 11.0. The fourth-order valence-electron chi connectivity index (χ4n) is 1.91. The molecule has 4 heteroatoms. The van der Waals surface area contributed by atoms with E-state index in [0.29, 0.717) is 17.8 Å². The Morgan fingerprint density at radius 3 is 2.68 bits per heavy atom. The van der Waals surface area contributed by atoms with E-state index < -0.39 is 6.10 Å². The van der Waals surface area contributed by atoms with Crippen LogP contribution in [0, 0.1) is 5.82 Å². The van der Waals surface area contributed by atoms with Gasteiger partial charge in [-0.25, -0.2) is 4.39 Å². The van der Waals surface area contributed by atoms with Gasteiger partial charge >= 0.3 is 0 Å². The maximum absolute atomic E-state index is 14.0. The Kier molecular flexibility index (Phi) is 4.12. The Bertz CT molecular complexity index is 543.